The monoisotopic (exact) mass is 326 g/mol. The van der Waals surface area contributed by atoms with Crippen LogP contribution in [-0.4, -0.2) is 10.9 Å². The van der Waals surface area contributed by atoms with Crippen LogP contribution in [0.2, 0.25) is 5.02 Å². The molecule has 1 atom stereocenters. The number of carbonyl (C=O) groups is 1. The molecule has 0 saturated carbocycles. The minimum absolute atomic E-state index is 0.0724. The Labute approximate surface area is 119 Å². The molecule has 0 aliphatic carbocycles. The summed E-state index contributed by atoms with van der Waals surface area (Å²) in [4.78, 5) is 14.8. The summed E-state index contributed by atoms with van der Waals surface area (Å²) in [7, 11) is 0. The summed E-state index contributed by atoms with van der Waals surface area (Å²) in [5.41, 5.74) is 1.54. The second kappa shape index (κ2) is 5.59. The number of halogens is 2. The third-order valence-electron chi connectivity index (χ3n) is 2.61. The molecule has 0 aliphatic heterocycles. The van der Waals surface area contributed by atoms with Gasteiger partial charge in [0.05, 0.1) is 6.04 Å². The van der Waals surface area contributed by atoms with Gasteiger partial charge >= 0.3 is 0 Å². The first-order valence-corrected chi connectivity index (χ1v) is 6.63. The topological polar surface area (TPSA) is 44.9 Å². The molecule has 1 heterocycles. The Morgan fingerprint density at radius 2 is 2.06 bits per heavy atom. The van der Waals surface area contributed by atoms with Gasteiger partial charge in [-0.15, -0.1) is 0 Å². The van der Waals surface area contributed by atoms with E-state index in [0.717, 1.165) is 10.0 Å². The number of nitrogens with one attached hydrogen (secondary N) is 2. The molecular formula is C13H12BrClN2O. The molecule has 94 valence electrons. The number of benzene rings is 1. The van der Waals surface area contributed by atoms with Gasteiger partial charge in [0, 0.05) is 15.7 Å². The summed E-state index contributed by atoms with van der Waals surface area (Å²) in [6.45, 7) is 1.93. The Morgan fingerprint density at radius 3 is 2.61 bits per heavy atom. The van der Waals surface area contributed by atoms with Crippen LogP contribution in [0.25, 0.3) is 0 Å². The maximum Gasteiger partial charge on any atom is 0.268 e. The first-order chi connectivity index (χ1) is 8.56. The molecule has 2 rings (SSSR count). The van der Waals surface area contributed by atoms with Gasteiger partial charge in [-0.25, -0.2) is 0 Å². The van der Waals surface area contributed by atoms with Crippen LogP contribution >= 0.6 is 27.5 Å². The highest BCUT2D eigenvalue weighted by Crippen LogP contribution is 2.17. The van der Waals surface area contributed by atoms with E-state index < -0.39 is 0 Å². The van der Waals surface area contributed by atoms with E-state index in [-0.39, 0.29) is 11.9 Å². The summed E-state index contributed by atoms with van der Waals surface area (Å²) in [6, 6.07) is 9.09. The smallest absolute Gasteiger partial charge is 0.268 e. The Hall–Kier alpha value is -1.26. The predicted molar refractivity (Wildman–Crippen MR) is 75.8 cm³/mol. The van der Waals surface area contributed by atoms with Crippen molar-refractivity contribution in [1.29, 1.82) is 0 Å². The van der Waals surface area contributed by atoms with Crippen LogP contribution in [-0.2, 0) is 0 Å². The molecule has 0 radical (unpaired) electrons. The van der Waals surface area contributed by atoms with Gasteiger partial charge in [0.15, 0.2) is 0 Å². The lowest BCUT2D eigenvalue weighted by atomic mass is 10.1. The number of aromatic nitrogens is 1. The molecule has 1 aromatic heterocycles. The lowest BCUT2D eigenvalue weighted by Gasteiger charge is -2.13. The van der Waals surface area contributed by atoms with E-state index in [0.29, 0.717) is 10.7 Å². The van der Waals surface area contributed by atoms with Crippen molar-refractivity contribution in [3.63, 3.8) is 0 Å². The van der Waals surface area contributed by atoms with Crippen LogP contribution in [0.15, 0.2) is 41.0 Å². The van der Waals surface area contributed by atoms with Crippen molar-refractivity contribution >= 4 is 33.4 Å². The molecule has 18 heavy (non-hydrogen) atoms. The molecule has 1 amide bonds. The van der Waals surface area contributed by atoms with Gasteiger partial charge in [-0.05, 0) is 46.6 Å². The van der Waals surface area contributed by atoms with Crippen molar-refractivity contribution in [3.05, 3.63) is 57.3 Å². The number of amides is 1. The standard InChI is InChI=1S/C13H12BrClN2O/c1-8(9-2-4-11(15)5-3-9)17-13(18)12-6-10(14)7-16-12/h2-8,16H,1H3,(H,17,18). The second-order valence-corrected chi connectivity index (χ2v) is 5.33. The number of hydrogen-bond donors (Lipinski definition) is 2. The third-order valence-corrected chi connectivity index (χ3v) is 3.32. The fourth-order valence-corrected chi connectivity index (χ4v) is 2.08. The lowest BCUT2D eigenvalue weighted by Crippen LogP contribution is -2.26. The van der Waals surface area contributed by atoms with E-state index in [9.17, 15) is 4.79 Å². The van der Waals surface area contributed by atoms with Gasteiger partial charge in [-0.3, -0.25) is 4.79 Å². The average Bonchev–Trinajstić information content (AvgIpc) is 2.76. The SMILES string of the molecule is CC(NC(=O)c1cc(Br)c[nH]1)c1ccc(Cl)cc1. The van der Waals surface area contributed by atoms with Gasteiger partial charge in [0.1, 0.15) is 5.69 Å². The van der Waals surface area contributed by atoms with Crippen LogP contribution < -0.4 is 5.32 Å². The highest BCUT2D eigenvalue weighted by atomic mass is 79.9. The predicted octanol–water partition coefficient (Wildman–Crippen LogP) is 3.92. The molecule has 3 nitrogen and oxygen atoms in total. The van der Waals surface area contributed by atoms with Crippen LogP contribution in [0.1, 0.15) is 29.0 Å². The summed E-state index contributed by atoms with van der Waals surface area (Å²) in [6.07, 6.45) is 1.72. The Bertz CT molecular complexity index is 550. The molecule has 0 saturated heterocycles. The molecule has 0 bridgehead atoms. The number of hydrogen-bond acceptors (Lipinski definition) is 1. The quantitative estimate of drug-likeness (QED) is 0.881. The summed E-state index contributed by atoms with van der Waals surface area (Å²) in [5.74, 6) is -0.136. The highest BCUT2D eigenvalue weighted by Gasteiger charge is 2.12. The maximum absolute atomic E-state index is 11.9. The fraction of sp³-hybridized carbons (Fsp3) is 0.154. The molecule has 2 N–H and O–H groups in total. The van der Waals surface area contributed by atoms with Gasteiger partial charge < -0.3 is 10.3 Å². The number of carbonyl (C=O) groups excluding carboxylic acids is 1. The van der Waals surface area contributed by atoms with Crippen molar-refractivity contribution in [2.24, 2.45) is 0 Å². The summed E-state index contributed by atoms with van der Waals surface area (Å²) < 4.78 is 0.854. The highest BCUT2D eigenvalue weighted by molar-refractivity contribution is 9.10. The number of H-pyrrole nitrogens is 1. The lowest BCUT2D eigenvalue weighted by molar-refractivity contribution is 0.0935. The van der Waals surface area contributed by atoms with E-state index in [2.05, 4.69) is 26.2 Å². The summed E-state index contributed by atoms with van der Waals surface area (Å²) in [5, 5.41) is 3.60. The molecule has 5 heteroatoms. The molecule has 0 spiro atoms. The van der Waals surface area contributed by atoms with E-state index in [1.165, 1.54) is 0 Å². The van der Waals surface area contributed by atoms with Crippen molar-refractivity contribution in [2.75, 3.05) is 0 Å². The maximum atomic E-state index is 11.9. The van der Waals surface area contributed by atoms with Crippen LogP contribution in [0.3, 0.4) is 0 Å². The molecule has 2 aromatic rings. The zero-order valence-corrected chi connectivity index (χ0v) is 12.0. The Kier molecular flexibility index (Phi) is 4.09. The average molecular weight is 328 g/mol. The van der Waals surface area contributed by atoms with Crippen molar-refractivity contribution < 1.29 is 4.79 Å². The van der Waals surface area contributed by atoms with Gasteiger partial charge in [0.25, 0.3) is 5.91 Å². The fourth-order valence-electron chi connectivity index (χ4n) is 1.61. The first-order valence-electron chi connectivity index (χ1n) is 5.46. The van der Waals surface area contributed by atoms with E-state index in [1.807, 2.05) is 31.2 Å². The van der Waals surface area contributed by atoms with Crippen molar-refractivity contribution in [3.8, 4) is 0 Å². The second-order valence-electron chi connectivity index (χ2n) is 3.98. The molecular weight excluding hydrogens is 316 g/mol. The largest absolute Gasteiger partial charge is 0.356 e. The van der Waals surface area contributed by atoms with Crippen molar-refractivity contribution in [1.82, 2.24) is 10.3 Å². The van der Waals surface area contributed by atoms with E-state index in [1.54, 1.807) is 12.3 Å². The number of rotatable bonds is 3. The van der Waals surface area contributed by atoms with Crippen LogP contribution in [0.5, 0.6) is 0 Å². The minimum Gasteiger partial charge on any atom is -0.356 e. The summed E-state index contributed by atoms with van der Waals surface area (Å²) >= 11 is 9.12. The van der Waals surface area contributed by atoms with E-state index in [4.69, 9.17) is 11.6 Å². The van der Waals surface area contributed by atoms with Crippen molar-refractivity contribution in [2.45, 2.75) is 13.0 Å². The van der Waals surface area contributed by atoms with E-state index >= 15 is 0 Å². The van der Waals surface area contributed by atoms with Gasteiger partial charge in [-0.1, -0.05) is 23.7 Å². The molecule has 0 aliphatic rings. The molecule has 0 fully saturated rings. The Balaban J connectivity index is 2.05. The normalized spacial score (nSPS) is 12.2. The minimum atomic E-state index is -0.136. The van der Waals surface area contributed by atoms with Gasteiger partial charge in [0.2, 0.25) is 0 Å². The molecule has 1 aromatic carbocycles. The molecule has 1 unspecified atom stereocenters. The Morgan fingerprint density at radius 1 is 1.39 bits per heavy atom. The van der Waals surface area contributed by atoms with Crippen LogP contribution in [0, 0.1) is 0 Å². The number of aromatic amines is 1. The first kappa shape index (κ1) is 13.2. The third kappa shape index (κ3) is 3.15. The van der Waals surface area contributed by atoms with Crippen LogP contribution in [0.4, 0.5) is 0 Å². The zero-order chi connectivity index (χ0) is 13.1. The zero-order valence-electron chi connectivity index (χ0n) is 9.71. The van der Waals surface area contributed by atoms with Gasteiger partial charge in [-0.2, -0.15) is 0 Å².